The molecule has 0 fully saturated rings. The van der Waals surface area contributed by atoms with Crippen LogP contribution in [0.4, 0.5) is 4.39 Å². The topological polar surface area (TPSA) is 29.1 Å². The molecule has 1 rings (SSSR count). The van der Waals surface area contributed by atoms with E-state index in [1.807, 2.05) is 0 Å². The molecule has 0 aromatic heterocycles. The molecule has 0 aliphatic carbocycles. The molecule has 0 spiro atoms. The molecule has 1 N–H and O–H groups in total. The van der Waals surface area contributed by atoms with Gasteiger partial charge in [-0.15, -0.1) is 0 Å². The molecule has 0 heterocycles. The second-order valence-corrected chi connectivity index (χ2v) is 5.16. The Morgan fingerprint density at radius 1 is 1.50 bits per heavy atom. The summed E-state index contributed by atoms with van der Waals surface area (Å²) < 4.78 is 12.9. The maximum atomic E-state index is 12.9. The van der Waals surface area contributed by atoms with Gasteiger partial charge in [0, 0.05) is 16.9 Å². The minimum atomic E-state index is -0.396. The number of halogens is 2. The Morgan fingerprint density at radius 2 is 2.19 bits per heavy atom. The highest BCUT2D eigenvalue weighted by molar-refractivity contribution is 9.09. The molecular formula is C12H15BrFNO. The fourth-order valence-electron chi connectivity index (χ4n) is 1.16. The van der Waals surface area contributed by atoms with E-state index in [0.717, 1.165) is 0 Å². The lowest BCUT2D eigenvalue weighted by Gasteiger charge is -2.14. The number of alkyl halides is 1. The van der Waals surface area contributed by atoms with Crippen LogP contribution in [0, 0.1) is 11.7 Å². The number of nitrogens with one attached hydrogen (secondary N) is 1. The molecule has 88 valence electrons. The zero-order chi connectivity index (χ0) is 12.1. The first-order valence-electron chi connectivity index (χ1n) is 5.18. The summed E-state index contributed by atoms with van der Waals surface area (Å²) >= 11 is 3.47. The van der Waals surface area contributed by atoms with E-state index in [2.05, 4.69) is 35.1 Å². The molecule has 1 unspecified atom stereocenters. The highest BCUT2D eigenvalue weighted by Gasteiger charge is 2.11. The summed E-state index contributed by atoms with van der Waals surface area (Å²) in [7, 11) is 0. The quantitative estimate of drug-likeness (QED) is 0.848. The van der Waals surface area contributed by atoms with Crippen LogP contribution in [0.1, 0.15) is 24.2 Å². The standard InChI is InChI=1S/C12H15BrFNO/c1-8(2)11(13)7-15-12(16)9-4-3-5-10(14)6-9/h3-6,8,11H,7H2,1-2H3,(H,15,16). The Morgan fingerprint density at radius 3 is 2.75 bits per heavy atom. The van der Waals surface area contributed by atoms with Crippen molar-refractivity contribution in [3.63, 3.8) is 0 Å². The number of carbonyl (C=O) groups excluding carboxylic acids is 1. The Kier molecular flexibility index (Phi) is 4.93. The van der Waals surface area contributed by atoms with E-state index in [4.69, 9.17) is 0 Å². The van der Waals surface area contributed by atoms with E-state index in [-0.39, 0.29) is 10.7 Å². The summed E-state index contributed by atoms with van der Waals surface area (Å²) in [6.45, 7) is 4.66. The molecule has 16 heavy (non-hydrogen) atoms. The SMILES string of the molecule is CC(C)C(Br)CNC(=O)c1cccc(F)c1. The summed E-state index contributed by atoms with van der Waals surface area (Å²) in [5.74, 6) is -0.204. The number of carbonyl (C=O) groups is 1. The van der Waals surface area contributed by atoms with Crippen molar-refractivity contribution in [3.05, 3.63) is 35.6 Å². The zero-order valence-electron chi connectivity index (χ0n) is 9.34. The maximum absolute atomic E-state index is 12.9. The molecule has 0 saturated carbocycles. The van der Waals surface area contributed by atoms with E-state index in [0.29, 0.717) is 18.0 Å². The highest BCUT2D eigenvalue weighted by atomic mass is 79.9. The van der Waals surface area contributed by atoms with Gasteiger partial charge in [0.05, 0.1) is 0 Å². The van der Waals surface area contributed by atoms with Crippen molar-refractivity contribution in [2.45, 2.75) is 18.7 Å². The molecular weight excluding hydrogens is 273 g/mol. The Labute approximate surface area is 103 Å². The van der Waals surface area contributed by atoms with Gasteiger partial charge in [0.2, 0.25) is 0 Å². The van der Waals surface area contributed by atoms with Crippen LogP contribution in [-0.4, -0.2) is 17.3 Å². The molecule has 0 bridgehead atoms. The first-order chi connectivity index (χ1) is 7.50. The van der Waals surface area contributed by atoms with Crippen molar-refractivity contribution < 1.29 is 9.18 Å². The Hall–Kier alpha value is -0.900. The fraction of sp³-hybridized carbons (Fsp3) is 0.417. The second-order valence-electron chi connectivity index (χ2n) is 3.98. The molecule has 1 aromatic carbocycles. The van der Waals surface area contributed by atoms with Gasteiger partial charge < -0.3 is 5.32 Å². The van der Waals surface area contributed by atoms with Gasteiger partial charge in [0.25, 0.3) is 5.91 Å². The number of hydrogen-bond donors (Lipinski definition) is 1. The summed E-state index contributed by atoms with van der Waals surface area (Å²) in [5.41, 5.74) is 0.350. The molecule has 0 saturated heterocycles. The normalized spacial score (nSPS) is 12.6. The third-order valence-corrected chi connectivity index (χ3v) is 3.65. The average molecular weight is 288 g/mol. The lowest BCUT2D eigenvalue weighted by atomic mass is 10.1. The summed E-state index contributed by atoms with van der Waals surface area (Å²) in [5, 5.41) is 2.75. The van der Waals surface area contributed by atoms with Crippen molar-refractivity contribution >= 4 is 21.8 Å². The number of benzene rings is 1. The van der Waals surface area contributed by atoms with Crippen molar-refractivity contribution in [1.29, 1.82) is 0 Å². The summed E-state index contributed by atoms with van der Waals surface area (Å²) in [6, 6.07) is 5.67. The lowest BCUT2D eigenvalue weighted by molar-refractivity contribution is 0.0952. The summed E-state index contributed by atoms with van der Waals surface area (Å²) in [4.78, 5) is 11.9. The molecule has 0 aliphatic rings. The van der Waals surface area contributed by atoms with E-state index >= 15 is 0 Å². The van der Waals surface area contributed by atoms with Gasteiger partial charge in [-0.05, 0) is 24.1 Å². The third-order valence-electron chi connectivity index (χ3n) is 2.27. The van der Waals surface area contributed by atoms with Gasteiger partial charge in [-0.1, -0.05) is 35.8 Å². The molecule has 1 aromatic rings. The largest absolute Gasteiger partial charge is 0.351 e. The number of rotatable bonds is 4. The average Bonchev–Trinajstić information content (AvgIpc) is 2.25. The molecule has 4 heteroatoms. The minimum Gasteiger partial charge on any atom is -0.351 e. The van der Waals surface area contributed by atoms with Crippen molar-refractivity contribution in [2.24, 2.45) is 5.92 Å². The number of amides is 1. The molecule has 0 radical (unpaired) electrons. The van der Waals surface area contributed by atoms with E-state index in [9.17, 15) is 9.18 Å². The molecule has 1 amide bonds. The van der Waals surface area contributed by atoms with Crippen LogP contribution in [0.2, 0.25) is 0 Å². The minimum absolute atomic E-state index is 0.227. The maximum Gasteiger partial charge on any atom is 0.251 e. The van der Waals surface area contributed by atoms with Crippen LogP contribution in [0.5, 0.6) is 0 Å². The first kappa shape index (κ1) is 13.2. The van der Waals surface area contributed by atoms with Crippen LogP contribution in [-0.2, 0) is 0 Å². The monoisotopic (exact) mass is 287 g/mol. The predicted molar refractivity (Wildman–Crippen MR) is 66.3 cm³/mol. The predicted octanol–water partition coefficient (Wildman–Crippen LogP) is 2.98. The number of hydrogen-bond acceptors (Lipinski definition) is 1. The van der Waals surface area contributed by atoms with Crippen molar-refractivity contribution in [2.75, 3.05) is 6.54 Å². The van der Waals surface area contributed by atoms with Gasteiger partial charge in [-0.2, -0.15) is 0 Å². The highest BCUT2D eigenvalue weighted by Crippen LogP contribution is 2.10. The van der Waals surface area contributed by atoms with Crippen molar-refractivity contribution in [3.8, 4) is 0 Å². The summed E-state index contributed by atoms with van der Waals surface area (Å²) in [6.07, 6.45) is 0. The van der Waals surface area contributed by atoms with Crippen LogP contribution in [0.25, 0.3) is 0 Å². The Bertz CT molecular complexity index is 368. The van der Waals surface area contributed by atoms with Crippen LogP contribution < -0.4 is 5.32 Å². The van der Waals surface area contributed by atoms with Crippen LogP contribution in [0.15, 0.2) is 24.3 Å². The van der Waals surface area contributed by atoms with Gasteiger partial charge in [-0.25, -0.2) is 4.39 Å². The van der Waals surface area contributed by atoms with E-state index in [1.54, 1.807) is 6.07 Å². The van der Waals surface area contributed by atoms with Gasteiger partial charge >= 0.3 is 0 Å². The van der Waals surface area contributed by atoms with Gasteiger partial charge in [0.15, 0.2) is 0 Å². The molecule has 0 aliphatic heterocycles. The van der Waals surface area contributed by atoms with Crippen LogP contribution in [0.3, 0.4) is 0 Å². The smallest absolute Gasteiger partial charge is 0.251 e. The van der Waals surface area contributed by atoms with Crippen molar-refractivity contribution in [1.82, 2.24) is 5.32 Å². The molecule has 2 nitrogen and oxygen atoms in total. The lowest BCUT2D eigenvalue weighted by Crippen LogP contribution is -2.31. The van der Waals surface area contributed by atoms with E-state index < -0.39 is 5.82 Å². The van der Waals surface area contributed by atoms with Gasteiger partial charge in [0.1, 0.15) is 5.82 Å². The van der Waals surface area contributed by atoms with E-state index in [1.165, 1.54) is 18.2 Å². The first-order valence-corrected chi connectivity index (χ1v) is 6.10. The zero-order valence-corrected chi connectivity index (χ0v) is 10.9. The fourth-order valence-corrected chi connectivity index (χ4v) is 1.32. The third kappa shape index (κ3) is 3.93. The van der Waals surface area contributed by atoms with Gasteiger partial charge in [-0.3, -0.25) is 4.79 Å². The molecule has 1 atom stereocenters. The van der Waals surface area contributed by atoms with Crippen LogP contribution >= 0.6 is 15.9 Å². The Balaban J connectivity index is 2.53. The second kappa shape index (κ2) is 5.99.